The van der Waals surface area contributed by atoms with E-state index in [4.69, 9.17) is 4.74 Å². The first-order valence-electron chi connectivity index (χ1n) is 7.07. The van der Waals surface area contributed by atoms with Crippen molar-refractivity contribution in [3.05, 3.63) is 23.8 Å². The van der Waals surface area contributed by atoms with Crippen molar-refractivity contribution in [1.82, 2.24) is 0 Å². The third-order valence-electron chi connectivity index (χ3n) is 5.23. The van der Waals surface area contributed by atoms with E-state index in [0.717, 1.165) is 12.8 Å². The molecule has 1 saturated carbocycles. The summed E-state index contributed by atoms with van der Waals surface area (Å²) < 4.78 is 5.61. The molecule has 0 aromatic rings. The van der Waals surface area contributed by atoms with Crippen molar-refractivity contribution in [2.75, 3.05) is 0 Å². The molecule has 0 aromatic heterocycles. The van der Waals surface area contributed by atoms with Crippen molar-refractivity contribution in [3.8, 4) is 0 Å². The zero-order chi connectivity index (χ0) is 12.9. The summed E-state index contributed by atoms with van der Waals surface area (Å²) in [5.41, 5.74) is 2.55. The molecular formula is C16H22O2. The molecule has 18 heavy (non-hydrogen) atoms. The zero-order valence-corrected chi connectivity index (χ0v) is 11.4. The van der Waals surface area contributed by atoms with Gasteiger partial charge in [-0.2, -0.15) is 0 Å². The molecule has 1 heterocycles. The molecule has 3 aliphatic rings. The highest BCUT2D eigenvalue weighted by Crippen LogP contribution is 2.61. The summed E-state index contributed by atoms with van der Waals surface area (Å²) in [6.45, 7) is 8.49. The molecule has 1 aliphatic heterocycles. The van der Waals surface area contributed by atoms with Gasteiger partial charge in [-0.05, 0) is 44.4 Å². The van der Waals surface area contributed by atoms with Crippen LogP contribution in [0.15, 0.2) is 23.8 Å². The van der Waals surface area contributed by atoms with Crippen molar-refractivity contribution < 1.29 is 9.53 Å². The summed E-state index contributed by atoms with van der Waals surface area (Å²) in [6.07, 6.45) is 8.18. The van der Waals surface area contributed by atoms with Gasteiger partial charge in [-0.1, -0.05) is 25.2 Å². The minimum absolute atomic E-state index is 0.112. The van der Waals surface area contributed by atoms with Crippen LogP contribution in [0, 0.1) is 17.3 Å². The maximum Gasteiger partial charge on any atom is 0.334 e. The number of rotatable bonds is 0. The van der Waals surface area contributed by atoms with Crippen LogP contribution in [-0.4, -0.2) is 12.1 Å². The minimum atomic E-state index is -0.153. The monoisotopic (exact) mass is 246 g/mol. The van der Waals surface area contributed by atoms with Crippen LogP contribution < -0.4 is 0 Å². The number of esters is 1. The van der Waals surface area contributed by atoms with Crippen LogP contribution in [0.3, 0.4) is 0 Å². The average Bonchev–Trinajstić information content (AvgIpc) is 2.90. The van der Waals surface area contributed by atoms with Crippen LogP contribution in [0.5, 0.6) is 0 Å². The van der Waals surface area contributed by atoms with Gasteiger partial charge in [0.25, 0.3) is 0 Å². The fourth-order valence-electron chi connectivity index (χ4n) is 3.71. The molecule has 0 N–H and O–H groups in total. The van der Waals surface area contributed by atoms with Gasteiger partial charge in [0.1, 0.15) is 6.10 Å². The minimum Gasteiger partial charge on any atom is -0.458 e. The van der Waals surface area contributed by atoms with Crippen LogP contribution in [0.1, 0.15) is 46.0 Å². The van der Waals surface area contributed by atoms with Crippen LogP contribution in [0.2, 0.25) is 0 Å². The first-order chi connectivity index (χ1) is 8.51. The van der Waals surface area contributed by atoms with Crippen LogP contribution in [0.4, 0.5) is 0 Å². The molecule has 3 rings (SSSR count). The maximum absolute atomic E-state index is 11.8. The lowest BCUT2D eigenvalue weighted by Crippen LogP contribution is -2.23. The van der Waals surface area contributed by atoms with Gasteiger partial charge in [-0.15, -0.1) is 0 Å². The summed E-state index contributed by atoms with van der Waals surface area (Å²) in [4.78, 5) is 11.8. The second-order valence-corrected chi connectivity index (χ2v) is 6.59. The van der Waals surface area contributed by atoms with Gasteiger partial charge in [-0.25, -0.2) is 4.79 Å². The lowest BCUT2D eigenvalue weighted by atomic mass is 9.84. The molecule has 2 fully saturated rings. The zero-order valence-electron chi connectivity index (χ0n) is 11.4. The molecule has 2 heteroatoms. The van der Waals surface area contributed by atoms with Crippen molar-refractivity contribution in [3.63, 3.8) is 0 Å². The normalized spacial score (nSPS) is 46.6. The topological polar surface area (TPSA) is 26.3 Å². The quantitative estimate of drug-likeness (QED) is 0.370. The van der Waals surface area contributed by atoms with E-state index in [-0.39, 0.29) is 18.0 Å². The number of ether oxygens (including phenoxy) is 1. The average molecular weight is 246 g/mol. The Labute approximate surface area is 109 Å². The van der Waals surface area contributed by atoms with E-state index in [9.17, 15) is 4.79 Å². The molecule has 2 aliphatic carbocycles. The van der Waals surface area contributed by atoms with Crippen LogP contribution in [-0.2, 0) is 9.53 Å². The van der Waals surface area contributed by atoms with Gasteiger partial charge in [0.2, 0.25) is 0 Å². The summed E-state index contributed by atoms with van der Waals surface area (Å²) >= 11 is 0. The highest BCUT2D eigenvalue weighted by molar-refractivity contribution is 5.90. The third kappa shape index (κ3) is 1.82. The Morgan fingerprint density at radius 3 is 3.06 bits per heavy atom. The summed E-state index contributed by atoms with van der Waals surface area (Å²) in [5, 5.41) is 0. The fraction of sp³-hybridized carbons (Fsp3) is 0.688. The number of allylic oxidation sites excluding steroid dienone is 2. The maximum atomic E-state index is 11.8. The Balaban J connectivity index is 1.87. The van der Waals surface area contributed by atoms with Crippen LogP contribution in [0.25, 0.3) is 0 Å². The van der Waals surface area contributed by atoms with Gasteiger partial charge in [0.15, 0.2) is 0 Å². The van der Waals surface area contributed by atoms with Gasteiger partial charge < -0.3 is 4.74 Å². The van der Waals surface area contributed by atoms with Crippen molar-refractivity contribution in [2.45, 2.75) is 52.1 Å². The molecule has 0 amide bonds. The number of fused-ring (bicyclic) bond motifs is 3. The Hall–Kier alpha value is -1.05. The predicted octanol–water partition coefficient (Wildman–Crippen LogP) is 3.63. The Bertz CT molecular complexity index is 434. The van der Waals surface area contributed by atoms with Crippen LogP contribution >= 0.6 is 0 Å². The first-order valence-corrected chi connectivity index (χ1v) is 7.07. The Morgan fingerprint density at radius 1 is 1.50 bits per heavy atom. The largest absolute Gasteiger partial charge is 0.458 e. The summed E-state index contributed by atoms with van der Waals surface area (Å²) in [6, 6.07) is 0. The molecule has 2 nitrogen and oxygen atoms in total. The Morgan fingerprint density at radius 2 is 2.28 bits per heavy atom. The highest BCUT2D eigenvalue weighted by atomic mass is 16.6. The van der Waals surface area contributed by atoms with Crippen molar-refractivity contribution in [2.24, 2.45) is 17.3 Å². The standard InChI is InChI=1S/C16H22O2/c1-10-5-4-8-16(3)9-13(16)14-12(7-6-10)11(2)15(17)18-14/h5,12-14H,2,4,6-9H2,1,3H3/b10-5-/t12-,13?,14-,16?/m0/s1. The number of carbonyl (C=O) groups is 1. The molecule has 98 valence electrons. The van der Waals surface area contributed by atoms with Gasteiger partial charge >= 0.3 is 5.97 Å². The van der Waals surface area contributed by atoms with E-state index in [1.807, 2.05) is 0 Å². The lowest BCUT2D eigenvalue weighted by Gasteiger charge is -2.22. The SMILES string of the molecule is C=C1C(=O)O[C@@H]2C3CC3(C)CC/C=C(/C)CC[C@@H]12. The molecule has 0 radical (unpaired) electrons. The van der Waals surface area contributed by atoms with E-state index >= 15 is 0 Å². The van der Waals surface area contributed by atoms with Crippen molar-refractivity contribution >= 4 is 5.97 Å². The molecule has 0 aromatic carbocycles. The van der Waals surface area contributed by atoms with Gasteiger partial charge in [0.05, 0.1) is 0 Å². The molecule has 2 unspecified atom stereocenters. The number of hydrogen-bond donors (Lipinski definition) is 0. The Kier molecular flexibility index (Phi) is 2.65. The fourth-order valence-corrected chi connectivity index (χ4v) is 3.71. The summed E-state index contributed by atoms with van der Waals surface area (Å²) in [7, 11) is 0. The molecular weight excluding hydrogens is 224 g/mol. The molecule has 0 bridgehead atoms. The highest BCUT2D eigenvalue weighted by Gasteiger charge is 2.59. The predicted molar refractivity (Wildman–Crippen MR) is 70.9 cm³/mol. The summed E-state index contributed by atoms with van der Waals surface area (Å²) in [5.74, 6) is 0.670. The lowest BCUT2D eigenvalue weighted by molar-refractivity contribution is -0.140. The third-order valence-corrected chi connectivity index (χ3v) is 5.23. The van der Waals surface area contributed by atoms with E-state index < -0.39 is 0 Å². The second-order valence-electron chi connectivity index (χ2n) is 6.59. The first kappa shape index (κ1) is 12.0. The molecule has 1 saturated heterocycles. The van der Waals surface area contributed by atoms with Gasteiger partial charge in [-0.3, -0.25) is 0 Å². The second kappa shape index (κ2) is 3.97. The number of hydrogen-bond acceptors (Lipinski definition) is 2. The van der Waals surface area contributed by atoms with Crippen molar-refractivity contribution in [1.29, 1.82) is 0 Å². The van der Waals surface area contributed by atoms with E-state index in [1.54, 1.807) is 0 Å². The number of carbonyl (C=O) groups excluding carboxylic acids is 1. The van der Waals surface area contributed by atoms with E-state index in [2.05, 4.69) is 26.5 Å². The van der Waals surface area contributed by atoms with E-state index in [1.165, 1.54) is 24.8 Å². The van der Waals surface area contributed by atoms with E-state index in [0.29, 0.717) is 16.9 Å². The molecule has 0 spiro atoms. The van der Waals surface area contributed by atoms with Gasteiger partial charge in [0, 0.05) is 17.4 Å². The molecule has 4 atom stereocenters. The smallest absolute Gasteiger partial charge is 0.334 e.